The lowest BCUT2D eigenvalue weighted by Gasteiger charge is -2.40. The molecule has 4 nitrogen and oxygen atoms in total. The molecule has 146 valence electrons. The number of halogens is 1. The maximum absolute atomic E-state index is 14.0. The molecule has 0 aliphatic carbocycles. The number of benzene rings is 1. The van der Waals surface area contributed by atoms with Gasteiger partial charge >= 0.3 is 0 Å². The van der Waals surface area contributed by atoms with Gasteiger partial charge in [0.2, 0.25) is 5.91 Å². The van der Waals surface area contributed by atoms with Gasteiger partial charge in [0.05, 0.1) is 0 Å². The Morgan fingerprint density at radius 2 is 2.04 bits per heavy atom. The van der Waals surface area contributed by atoms with Gasteiger partial charge in [0, 0.05) is 55.6 Å². The van der Waals surface area contributed by atoms with Crippen molar-refractivity contribution in [2.75, 3.05) is 26.2 Å². The first-order valence-corrected chi connectivity index (χ1v) is 9.96. The first-order chi connectivity index (χ1) is 13.6. The fraction of sp³-hybridized carbons (Fsp3) is 0.391. The topological polar surface area (TPSA) is 36.4 Å². The summed E-state index contributed by atoms with van der Waals surface area (Å²) in [5, 5.41) is 0. The van der Waals surface area contributed by atoms with E-state index in [9.17, 15) is 9.18 Å². The lowest BCUT2D eigenvalue weighted by atomic mass is 9.79. The third kappa shape index (κ3) is 4.30. The van der Waals surface area contributed by atoms with Crippen LogP contribution in [0, 0.1) is 11.2 Å². The number of hydrogen-bond donors (Lipinski definition) is 0. The second-order valence-electron chi connectivity index (χ2n) is 8.04. The number of nitrogens with zero attached hydrogens (tertiary/aromatic N) is 3. The smallest absolute Gasteiger partial charge is 0.246 e. The molecule has 2 saturated heterocycles. The highest BCUT2D eigenvalue weighted by atomic mass is 19.1. The molecule has 0 bridgehead atoms. The van der Waals surface area contributed by atoms with Crippen LogP contribution in [0.25, 0.3) is 6.08 Å². The van der Waals surface area contributed by atoms with E-state index >= 15 is 0 Å². The van der Waals surface area contributed by atoms with E-state index in [0.29, 0.717) is 6.54 Å². The fourth-order valence-corrected chi connectivity index (χ4v) is 4.52. The Morgan fingerprint density at radius 1 is 1.14 bits per heavy atom. The number of hydrogen-bond acceptors (Lipinski definition) is 3. The van der Waals surface area contributed by atoms with E-state index in [1.54, 1.807) is 24.5 Å². The molecule has 0 saturated carbocycles. The number of rotatable bonds is 4. The molecular weight excluding hydrogens is 353 g/mol. The summed E-state index contributed by atoms with van der Waals surface area (Å²) in [4.78, 5) is 21.0. The third-order valence-corrected chi connectivity index (χ3v) is 5.95. The number of likely N-dealkylation sites (tertiary alicyclic amines) is 2. The van der Waals surface area contributed by atoms with Gasteiger partial charge in [-0.3, -0.25) is 14.7 Å². The second kappa shape index (κ2) is 8.23. The maximum atomic E-state index is 14.0. The lowest BCUT2D eigenvalue weighted by molar-refractivity contribution is -0.125. The molecule has 2 aromatic rings. The minimum Gasteiger partial charge on any atom is -0.339 e. The summed E-state index contributed by atoms with van der Waals surface area (Å²) in [6.07, 6.45) is 10.2. The van der Waals surface area contributed by atoms with Crippen LogP contribution in [0.4, 0.5) is 4.39 Å². The molecule has 0 radical (unpaired) electrons. The molecule has 2 aliphatic heterocycles. The molecule has 1 spiro atoms. The van der Waals surface area contributed by atoms with Crippen LogP contribution < -0.4 is 0 Å². The van der Waals surface area contributed by atoms with Crippen LogP contribution >= 0.6 is 0 Å². The molecule has 3 heterocycles. The van der Waals surface area contributed by atoms with Gasteiger partial charge in [-0.15, -0.1) is 0 Å². The van der Waals surface area contributed by atoms with Gasteiger partial charge in [-0.2, -0.15) is 0 Å². The van der Waals surface area contributed by atoms with Crippen LogP contribution in [0.15, 0.2) is 54.9 Å². The molecule has 28 heavy (non-hydrogen) atoms. The van der Waals surface area contributed by atoms with E-state index in [4.69, 9.17) is 0 Å². The van der Waals surface area contributed by atoms with Gasteiger partial charge < -0.3 is 4.90 Å². The first kappa shape index (κ1) is 18.8. The summed E-state index contributed by atoms with van der Waals surface area (Å²) in [5.41, 5.74) is 1.82. The van der Waals surface area contributed by atoms with Crippen LogP contribution in [0.2, 0.25) is 0 Å². The summed E-state index contributed by atoms with van der Waals surface area (Å²) in [6, 6.07) is 10.8. The molecule has 0 N–H and O–H groups in total. The first-order valence-electron chi connectivity index (χ1n) is 9.96. The molecule has 5 heteroatoms. The van der Waals surface area contributed by atoms with Crippen molar-refractivity contribution in [1.29, 1.82) is 0 Å². The van der Waals surface area contributed by atoms with Gasteiger partial charge in [0.25, 0.3) is 0 Å². The van der Waals surface area contributed by atoms with Crippen molar-refractivity contribution in [2.24, 2.45) is 5.41 Å². The molecule has 0 unspecified atom stereocenters. The molecule has 1 atom stereocenters. The Bertz CT molecular complexity index is 854. The fourth-order valence-electron chi connectivity index (χ4n) is 4.52. The molecule has 2 aliphatic rings. The molecular formula is C23H26FN3O. The highest BCUT2D eigenvalue weighted by Crippen LogP contribution is 2.39. The highest BCUT2D eigenvalue weighted by molar-refractivity contribution is 5.92. The minimum absolute atomic E-state index is 0.0620. The number of aromatic nitrogens is 1. The van der Waals surface area contributed by atoms with E-state index in [1.807, 2.05) is 35.2 Å². The van der Waals surface area contributed by atoms with Crippen LogP contribution in [0.1, 0.15) is 30.4 Å². The van der Waals surface area contributed by atoms with Crippen molar-refractivity contribution in [2.45, 2.75) is 25.8 Å². The predicted octanol–water partition coefficient (Wildman–Crippen LogP) is 3.75. The average molecular weight is 379 g/mol. The van der Waals surface area contributed by atoms with Crippen molar-refractivity contribution in [1.82, 2.24) is 14.8 Å². The average Bonchev–Trinajstić information content (AvgIpc) is 3.12. The highest BCUT2D eigenvalue weighted by Gasteiger charge is 2.42. The van der Waals surface area contributed by atoms with E-state index in [2.05, 4.69) is 9.88 Å². The Balaban J connectivity index is 1.37. The summed E-state index contributed by atoms with van der Waals surface area (Å²) in [5.74, 6) is -0.0714. The van der Waals surface area contributed by atoms with Crippen molar-refractivity contribution < 1.29 is 9.18 Å². The number of carbonyl (C=O) groups is 1. The van der Waals surface area contributed by atoms with Gasteiger partial charge in [-0.1, -0.05) is 24.3 Å². The van der Waals surface area contributed by atoms with Gasteiger partial charge in [-0.25, -0.2) is 4.39 Å². The monoisotopic (exact) mass is 379 g/mol. The quantitative estimate of drug-likeness (QED) is 0.759. The molecule has 1 amide bonds. The Morgan fingerprint density at radius 3 is 2.86 bits per heavy atom. The summed E-state index contributed by atoms with van der Waals surface area (Å²) < 4.78 is 14.0. The normalized spacial score (nSPS) is 23.0. The zero-order valence-electron chi connectivity index (χ0n) is 16.1. The summed E-state index contributed by atoms with van der Waals surface area (Å²) in [6.45, 7) is 4.15. The Hall–Kier alpha value is -2.53. The second-order valence-corrected chi connectivity index (χ2v) is 8.04. The van der Waals surface area contributed by atoms with E-state index < -0.39 is 0 Å². The van der Waals surface area contributed by atoms with Crippen LogP contribution in [-0.4, -0.2) is 46.9 Å². The van der Waals surface area contributed by atoms with Crippen LogP contribution in [0.3, 0.4) is 0 Å². The molecule has 1 aromatic heterocycles. The van der Waals surface area contributed by atoms with Crippen LogP contribution in [0.5, 0.6) is 0 Å². The van der Waals surface area contributed by atoms with E-state index in [0.717, 1.165) is 56.6 Å². The lowest BCUT2D eigenvalue weighted by Crippen LogP contribution is -2.44. The van der Waals surface area contributed by atoms with Crippen molar-refractivity contribution in [3.8, 4) is 0 Å². The van der Waals surface area contributed by atoms with E-state index in [1.165, 1.54) is 6.07 Å². The van der Waals surface area contributed by atoms with Gasteiger partial charge in [0.15, 0.2) is 0 Å². The predicted molar refractivity (Wildman–Crippen MR) is 108 cm³/mol. The van der Waals surface area contributed by atoms with Gasteiger partial charge in [-0.05, 0) is 49.6 Å². The SMILES string of the molecule is O=C(/C=C/c1cccnc1)N1CC[C@]2(CCCN(Cc3ccccc3F)C2)C1. The maximum Gasteiger partial charge on any atom is 0.246 e. The summed E-state index contributed by atoms with van der Waals surface area (Å²) >= 11 is 0. The number of amides is 1. The number of carbonyl (C=O) groups excluding carboxylic acids is 1. The minimum atomic E-state index is -0.133. The molecule has 1 aromatic carbocycles. The Kier molecular flexibility index (Phi) is 5.53. The zero-order valence-corrected chi connectivity index (χ0v) is 16.1. The summed E-state index contributed by atoms with van der Waals surface area (Å²) in [7, 11) is 0. The zero-order chi connectivity index (χ0) is 19.4. The van der Waals surface area contributed by atoms with Crippen molar-refractivity contribution in [3.05, 3.63) is 71.8 Å². The standard InChI is InChI=1S/C23H26FN3O/c24-21-7-2-1-6-20(21)16-26-13-4-10-23(17-26)11-14-27(18-23)22(28)9-8-19-5-3-12-25-15-19/h1-3,5-9,12,15H,4,10-11,13-14,16-18H2/b9-8+/t23-/m0/s1. The number of pyridine rings is 1. The number of piperidine rings is 1. The van der Waals surface area contributed by atoms with E-state index in [-0.39, 0.29) is 17.1 Å². The Labute approximate surface area is 165 Å². The largest absolute Gasteiger partial charge is 0.339 e. The third-order valence-electron chi connectivity index (χ3n) is 5.95. The van der Waals surface area contributed by atoms with Crippen molar-refractivity contribution >= 4 is 12.0 Å². The molecule has 2 fully saturated rings. The van der Waals surface area contributed by atoms with Gasteiger partial charge in [0.1, 0.15) is 5.82 Å². The van der Waals surface area contributed by atoms with Crippen LogP contribution in [-0.2, 0) is 11.3 Å². The molecule has 4 rings (SSSR count). The van der Waals surface area contributed by atoms with Crippen molar-refractivity contribution in [3.63, 3.8) is 0 Å².